The molecule has 1 aliphatic heterocycles. The van der Waals surface area contributed by atoms with Crippen LogP contribution in [-0.4, -0.2) is 20.4 Å². The molecule has 1 atom stereocenters. The van der Waals surface area contributed by atoms with Crippen LogP contribution < -0.4 is 0 Å². The summed E-state index contributed by atoms with van der Waals surface area (Å²) in [4.78, 5) is 20.8. The molecule has 4 nitrogen and oxygen atoms in total. The second kappa shape index (κ2) is 4.82. The molecule has 0 radical (unpaired) electrons. The highest BCUT2D eigenvalue weighted by Crippen LogP contribution is 2.39. The van der Waals surface area contributed by atoms with Crippen molar-refractivity contribution in [2.45, 2.75) is 40.0 Å². The Morgan fingerprint density at radius 1 is 1.30 bits per heavy atom. The molecule has 1 aromatic carbocycles. The van der Waals surface area contributed by atoms with E-state index >= 15 is 0 Å². The van der Waals surface area contributed by atoms with Crippen molar-refractivity contribution in [3.8, 4) is 0 Å². The van der Waals surface area contributed by atoms with E-state index in [0.717, 1.165) is 29.7 Å². The van der Waals surface area contributed by atoms with Gasteiger partial charge >= 0.3 is 0 Å². The lowest BCUT2D eigenvalue weighted by Crippen LogP contribution is -2.40. The summed E-state index contributed by atoms with van der Waals surface area (Å²) < 4.78 is 1.95. The minimum absolute atomic E-state index is 0.199. The molecule has 0 saturated heterocycles. The average molecular weight is 307 g/mol. The number of imidazole rings is 1. The molecule has 4 heteroatoms. The van der Waals surface area contributed by atoms with Crippen LogP contribution in [0.5, 0.6) is 0 Å². The van der Waals surface area contributed by atoms with E-state index in [-0.39, 0.29) is 5.91 Å². The molecule has 3 aromatic rings. The summed E-state index contributed by atoms with van der Waals surface area (Å²) in [5, 5.41) is 1.19. The summed E-state index contributed by atoms with van der Waals surface area (Å²) >= 11 is 0. The number of hydrogen-bond donors (Lipinski definition) is 1. The smallest absolute Gasteiger partial charge is 0.237 e. The quantitative estimate of drug-likeness (QED) is 0.782. The topological polar surface area (TPSA) is 50.7 Å². The molecule has 0 fully saturated rings. The van der Waals surface area contributed by atoms with Crippen LogP contribution in [0.25, 0.3) is 10.9 Å². The lowest BCUT2D eigenvalue weighted by atomic mass is 9.77. The van der Waals surface area contributed by atoms with E-state index < -0.39 is 5.41 Å². The van der Waals surface area contributed by atoms with Gasteiger partial charge in [-0.05, 0) is 38.3 Å². The molecule has 1 aliphatic rings. The van der Waals surface area contributed by atoms with Crippen LogP contribution in [0.15, 0.2) is 30.6 Å². The van der Waals surface area contributed by atoms with Crippen molar-refractivity contribution in [3.05, 3.63) is 53.2 Å². The lowest BCUT2D eigenvalue weighted by molar-refractivity contribution is 0.0676. The van der Waals surface area contributed by atoms with E-state index in [9.17, 15) is 4.79 Å². The van der Waals surface area contributed by atoms with Crippen LogP contribution in [0.4, 0.5) is 0 Å². The Labute approximate surface area is 135 Å². The number of nitrogens with one attached hydrogen (secondary N) is 1. The molecule has 118 valence electrons. The number of aromatic amines is 1. The largest absolute Gasteiger partial charge is 0.348 e. The number of H-pyrrole nitrogens is 1. The van der Waals surface area contributed by atoms with Gasteiger partial charge in [0.2, 0.25) is 5.91 Å². The second-order valence-corrected chi connectivity index (χ2v) is 6.94. The fraction of sp³-hybridized carbons (Fsp3) is 0.368. The number of para-hydroxylation sites is 1. The number of benzene rings is 1. The van der Waals surface area contributed by atoms with Gasteiger partial charge in [-0.2, -0.15) is 0 Å². The van der Waals surface area contributed by atoms with Crippen molar-refractivity contribution in [1.82, 2.24) is 14.5 Å². The number of carbonyl (C=O) groups excluding carboxylic acids is 1. The third kappa shape index (κ3) is 1.97. The zero-order valence-electron chi connectivity index (χ0n) is 13.8. The van der Waals surface area contributed by atoms with Crippen LogP contribution in [0.2, 0.25) is 0 Å². The summed E-state index contributed by atoms with van der Waals surface area (Å²) in [5.41, 5.74) is 5.10. The van der Waals surface area contributed by atoms with Gasteiger partial charge in [-0.25, -0.2) is 4.98 Å². The van der Waals surface area contributed by atoms with Gasteiger partial charge in [0.25, 0.3) is 0 Å². The van der Waals surface area contributed by atoms with Crippen LogP contribution in [0.3, 0.4) is 0 Å². The molecule has 3 heterocycles. The molecule has 0 aliphatic carbocycles. The highest BCUT2D eigenvalue weighted by Gasteiger charge is 2.41. The van der Waals surface area contributed by atoms with Crippen molar-refractivity contribution in [2.24, 2.45) is 5.41 Å². The number of nitrogens with zero attached hydrogens (tertiary/aromatic N) is 2. The predicted octanol–water partition coefficient (Wildman–Crippen LogP) is 3.82. The van der Waals surface area contributed by atoms with Gasteiger partial charge in [0.05, 0.1) is 23.0 Å². The number of rotatable bonds is 2. The molecular weight excluding hydrogens is 286 g/mol. The Balaban J connectivity index is 1.83. The third-order valence-electron chi connectivity index (χ3n) is 5.38. The first-order valence-corrected chi connectivity index (χ1v) is 8.14. The monoisotopic (exact) mass is 307 g/mol. The summed E-state index contributed by atoms with van der Waals surface area (Å²) in [5.74, 6) is 0.199. The fourth-order valence-electron chi connectivity index (χ4n) is 3.86. The number of fused-ring (bicyclic) bond motifs is 3. The second-order valence-electron chi connectivity index (χ2n) is 6.94. The molecule has 2 aromatic heterocycles. The van der Waals surface area contributed by atoms with Crippen LogP contribution in [0, 0.1) is 19.3 Å². The molecule has 23 heavy (non-hydrogen) atoms. The van der Waals surface area contributed by atoms with Crippen molar-refractivity contribution in [3.63, 3.8) is 0 Å². The maximum atomic E-state index is 13.3. The number of carbonyl (C=O) groups is 1. The summed E-state index contributed by atoms with van der Waals surface area (Å²) in [7, 11) is 0. The Hall–Kier alpha value is -2.36. The molecule has 0 spiro atoms. The van der Waals surface area contributed by atoms with E-state index in [4.69, 9.17) is 0 Å². The van der Waals surface area contributed by atoms with E-state index in [0.29, 0.717) is 6.42 Å². The summed E-state index contributed by atoms with van der Waals surface area (Å²) in [6.45, 7) is 6.22. The molecule has 0 amide bonds. The number of hydrogen-bond acceptors (Lipinski definition) is 2. The van der Waals surface area contributed by atoms with Crippen LogP contribution >= 0.6 is 0 Å². The summed E-state index contributed by atoms with van der Waals surface area (Å²) in [6.07, 6.45) is 4.20. The van der Waals surface area contributed by atoms with E-state index in [1.165, 1.54) is 16.6 Å². The molecule has 4 rings (SSSR count). The molecule has 1 N–H and O–H groups in total. The Morgan fingerprint density at radius 2 is 2.09 bits per heavy atom. The van der Waals surface area contributed by atoms with Crippen molar-refractivity contribution < 1.29 is 4.79 Å². The first kappa shape index (κ1) is 14.2. The Kier molecular flexibility index (Phi) is 2.98. The van der Waals surface area contributed by atoms with Gasteiger partial charge in [-0.1, -0.05) is 25.1 Å². The number of aromatic nitrogens is 3. The molecule has 0 unspecified atom stereocenters. The zero-order valence-corrected chi connectivity index (χ0v) is 13.8. The maximum absolute atomic E-state index is 13.3. The van der Waals surface area contributed by atoms with Gasteiger partial charge in [0.1, 0.15) is 0 Å². The molecule has 0 bridgehead atoms. The standard InChI is InChI=1S/C19H21N3O/c1-12-14-6-4-5-7-17(14)22-16(12)8-9-19(3,18(22)23)10-15-13(2)20-11-21-15/h4-7,11H,8-10H2,1-3H3,(H,20,21)/t19-/m0/s1. The van der Waals surface area contributed by atoms with E-state index in [1.54, 1.807) is 6.33 Å². The lowest BCUT2D eigenvalue weighted by Gasteiger charge is -2.33. The predicted molar refractivity (Wildman–Crippen MR) is 90.8 cm³/mol. The third-order valence-corrected chi connectivity index (χ3v) is 5.38. The van der Waals surface area contributed by atoms with E-state index in [1.807, 2.05) is 23.6 Å². The van der Waals surface area contributed by atoms with Crippen molar-refractivity contribution in [2.75, 3.05) is 0 Å². The zero-order chi connectivity index (χ0) is 16.2. The first-order valence-electron chi connectivity index (χ1n) is 8.14. The first-order chi connectivity index (χ1) is 11.0. The van der Waals surface area contributed by atoms with Crippen LogP contribution in [-0.2, 0) is 12.8 Å². The minimum atomic E-state index is -0.402. The highest BCUT2D eigenvalue weighted by molar-refractivity contribution is 5.99. The Morgan fingerprint density at radius 3 is 2.83 bits per heavy atom. The molecular formula is C19H21N3O. The number of aryl methyl sites for hydroxylation is 2. The van der Waals surface area contributed by atoms with Crippen molar-refractivity contribution >= 4 is 16.8 Å². The van der Waals surface area contributed by atoms with Crippen LogP contribution in [0.1, 0.15) is 40.8 Å². The van der Waals surface area contributed by atoms with Gasteiger partial charge in [0, 0.05) is 23.2 Å². The van der Waals surface area contributed by atoms with Gasteiger partial charge in [-0.3, -0.25) is 9.36 Å². The van der Waals surface area contributed by atoms with E-state index in [2.05, 4.69) is 35.9 Å². The van der Waals surface area contributed by atoms with Gasteiger partial charge in [0.15, 0.2) is 0 Å². The van der Waals surface area contributed by atoms with Gasteiger partial charge < -0.3 is 4.98 Å². The van der Waals surface area contributed by atoms with Crippen molar-refractivity contribution in [1.29, 1.82) is 0 Å². The molecule has 0 saturated carbocycles. The summed E-state index contributed by atoms with van der Waals surface area (Å²) in [6, 6.07) is 8.21. The SMILES string of the molecule is Cc1[nH]cnc1C[C@]1(C)CCc2c(C)c3ccccc3n2C1=O. The maximum Gasteiger partial charge on any atom is 0.237 e. The normalized spacial score (nSPS) is 20.9. The highest BCUT2D eigenvalue weighted by atomic mass is 16.2. The average Bonchev–Trinajstić information content (AvgIpc) is 3.06. The minimum Gasteiger partial charge on any atom is -0.348 e. The van der Waals surface area contributed by atoms with Gasteiger partial charge in [-0.15, -0.1) is 0 Å². The fourth-order valence-corrected chi connectivity index (χ4v) is 3.86. The Bertz CT molecular complexity index is 918.